The van der Waals surface area contributed by atoms with Crippen LogP contribution >= 0.6 is 0 Å². The highest BCUT2D eigenvalue weighted by Gasteiger charge is 2.47. The first kappa shape index (κ1) is 16.4. The fraction of sp³-hybridized carbons (Fsp3) is 0.643. The quantitative estimate of drug-likeness (QED) is 0.861. The molecule has 0 unspecified atom stereocenters. The van der Waals surface area contributed by atoms with E-state index >= 15 is 0 Å². The van der Waals surface area contributed by atoms with Gasteiger partial charge in [-0.2, -0.15) is 0 Å². The van der Waals surface area contributed by atoms with Crippen molar-refractivity contribution >= 4 is 6.09 Å². The summed E-state index contributed by atoms with van der Waals surface area (Å²) in [5.74, 6) is -4.27. The SMILES string of the molecule is CC(C)(C)OC(=O)N1CCC(F)(F)[C@H](c2c[nH]c(=O)cn2)C1. The maximum Gasteiger partial charge on any atom is 0.410 e. The number of hydrogen-bond donors (Lipinski definition) is 1. The number of alkyl halides is 2. The maximum absolute atomic E-state index is 14.1. The van der Waals surface area contributed by atoms with Crippen molar-refractivity contribution in [2.24, 2.45) is 0 Å². The minimum absolute atomic E-state index is 0.0536. The highest BCUT2D eigenvalue weighted by molar-refractivity contribution is 5.68. The van der Waals surface area contributed by atoms with E-state index in [1.807, 2.05) is 0 Å². The molecule has 1 aliphatic rings. The Hall–Kier alpha value is -1.99. The number of H-pyrrole nitrogens is 1. The summed E-state index contributed by atoms with van der Waals surface area (Å²) in [7, 11) is 0. The van der Waals surface area contributed by atoms with E-state index in [1.165, 1.54) is 11.1 Å². The van der Waals surface area contributed by atoms with Gasteiger partial charge in [0, 0.05) is 25.7 Å². The molecule has 1 aliphatic heterocycles. The van der Waals surface area contributed by atoms with Gasteiger partial charge >= 0.3 is 6.09 Å². The van der Waals surface area contributed by atoms with E-state index in [0.717, 1.165) is 6.20 Å². The van der Waals surface area contributed by atoms with Crippen LogP contribution in [0.2, 0.25) is 0 Å². The van der Waals surface area contributed by atoms with Crippen molar-refractivity contribution in [1.82, 2.24) is 14.9 Å². The van der Waals surface area contributed by atoms with Gasteiger partial charge in [0.1, 0.15) is 5.60 Å². The Morgan fingerprint density at radius 3 is 2.73 bits per heavy atom. The van der Waals surface area contributed by atoms with Crippen molar-refractivity contribution in [3.8, 4) is 0 Å². The van der Waals surface area contributed by atoms with Crippen LogP contribution in [-0.2, 0) is 4.74 Å². The molecule has 8 heteroatoms. The summed E-state index contributed by atoms with van der Waals surface area (Å²) in [6.45, 7) is 4.85. The van der Waals surface area contributed by atoms with E-state index < -0.39 is 35.5 Å². The first-order chi connectivity index (χ1) is 10.1. The summed E-state index contributed by atoms with van der Waals surface area (Å²) < 4.78 is 33.5. The van der Waals surface area contributed by atoms with Crippen molar-refractivity contribution < 1.29 is 18.3 Å². The number of hydrogen-bond acceptors (Lipinski definition) is 4. The van der Waals surface area contributed by atoms with Crippen LogP contribution in [0.5, 0.6) is 0 Å². The van der Waals surface area contributed by atoms with Crippen LogP contribution < -0.4 is 5.56 Å². The van der Waals surface area contributed by atoms with E-state index in [9.17, 15) is 18.4 Å². The average molecular weight is 315 g/mol. The molecular weight excluding hydrogens is 296 g/mol. The molecule has 0 aromatic carbocycles. The molecule has 2 heterocycles. The first-order valence-corrected chi connectivity index (χ1v) is 6.99. The Morgan fingerprint density at radius 1 is 1.50 bits per heavy atom. The second-order valence-corrected chi connectivity index (χ2v) is 6.33. The van der Waals surface area contributed by atoms with Gasteiger partial charge in [-0.15, -0.1) is 0 Å². The third-order valence-electron chi connectivity index (χ3n) is 3.33. The van der Waals surface area contributed by atoms with E-state index in [2.05, 4.69) is 9.97 Å². The van der Waals surface area contributed by atoms with E-state index in [0.29, 0.717) is 0 Å². The van der Waals surface area contributed by atoms with Crippen molar-refractivity contribution in [2.45, 2.75) is 44.6 Å². The fourth-order valence-corrected chi connectivity index (χ4v) is 2.25. The smallest absolute Gasteiger partial charge is 0.410 e. The third kappa shape index (κ3) is 3.80. The lowest BCUT2D eigenvalue weighted by Gasteiger charge is -2.38. The Balaban J connectivity index is 2.19. The topological polar surface area (TPSA) is 75.3 Å². The number of halogens is 2. The van der Waals surface area contributed by atoms with Gasteiger partial charge in [-0.1, -0.05) is 0 Å². The summed E-state index contributed by atoms with van der Waals surface area (Å²) in [4.78, 5) is 30.4. The van der Waals surface area contributed by atoms with E-state index in [4.69, 9.17) is 4.74 Å². The summed E-state index contributed by atoms with van der Waals surface area (Å²) >= 11 is 0. The van der Waals surface area contributed by atoms with Crippen LogP contribution in [0.15, 0.2) is 17.2 Å². The second-order valence-electron chi connectivity index (χ2n) is 6.33. The molecule has 0 saturated carbocycles. The molecule has 1 atom stereocenters. The Labute approximate surface area is 126 Å². The lowest BCUT2D eigenvalue weighted by molar-refractivity contribution is -0.0782. The predicted octanol–water partition coefficient (Wildman–Crippen LogP) is 2.13. The van der Waals surface area contributed by atoms with Crippen LogP contribution in [0.4, 0.5) is 13.6 Å². The molecule has 1 aromatic rings. The zero-order chi connectivity index (χ0) is 16.5. The molecule has 0 bridgehead atoms. The van der Waals surface area contributed by atoms with Gasteiger partial charge in [0.2, 0.25) is 0 Å². The number of piperidine rings is 1. The zero-order valence-electron chi connectivity index (χ0n) is 12.7. The van der Waals surface area contributed by atoms with Crippen LogP contribution in [0.3, 0.4) is 0 Å². The van der Waals surface area contributed by atoms with Crippen LogP contribution in [0.25, 0.3) is 0 Å². The highest BCUT2D eigenvalue weighted by atomic mass is 19.3. The molecule has 1 aromatic heterocycles. The van der Waals surface area contributed by atoms with Gasteiger partial charge in [0.15, 0.2) is 0 Å². The first-order valence-electron chi connectivity index (χ1n) is 6.99. The summed E-state index contributed by atoms with van der Waals surface area (Å²) in [5.41, 5.74) is -1.10. The van der Waals surface area contributed by atoms with Crippen molar-refractivity contribution in [1.29, 1.82) is 0 Å². The molecule has 0 aliphatic carbocycles. The third-order valence-corrected chi connectivity index (χ3v) is 3.33. The van der Waals surface area contributed by atoms with Gasteiger partial charge < -0.3 is 14.6 Å². The standard InChI is InChI=1S/C14H19F2N3O3/c1-13(2,3)22-12(21)19-5-4-14(15,16)9(8-19)10-6-18-11(20)7-17-10/h6-7,9H,4-5,8H2,1-3H3,(H,18,20)/t9-/m0/s1. The van der Waals surface area contributed by atoms with Crippen LogP contribution in [-0.4, -0.2) is 45.6 Å². The lowest BCUT2D eigenvalue weighted by Crippen LogP contribution is -2.49. The predicted molar refractivity (Wildman–Crippen MR) is 75.0 cm³/mol. The number of nitrogens with one attached hydrogen (secondary N) is 1. The summed E-state index contributed by atoms with van der Waals surface area (Å²) in [6, 6.07) is 0. The monoisotopic (exact) mass is 315 g/mol. The maximum atomic E-state index is 14.1. The van der Waals surface area contributed by atoms with E-state index in [-0.39, 0.29) is 18.8 Å². The molecule has 0 radical (unpaired) electrons. The van der Waals surface area contributed by atoms with Crippen LogP contribution in [0.1, 0.15) is 38.8 Å². The molecule has 122 valence electrons. The van der Waals surface area contributed by atoms with E-state index in [1.54, 1.807) is 20.8 Å². The Kier molecular flexibility index (Phi) is 4.21. The molecule has 6 nitrogen and oxygen atoms in total. The minimum Gasteiger partial charge on any atom is -0.444 e. The van der Waals surface area contributed by atoms with Crippen molar-refractivity contribution in [3.05, 3.63) is 28.4 Å². The van der Waals surface area contributed by atoms with Gasteiger partial charge in [0.25, 0.3) is 11.5 Å². The number of likely N-dealkylation sites (tertiary alicyclic amines) is 1. The van der Waals surface area contributed by atoms with Crippen molar-refractivity contribution in [2.75, 3.05) is 13.1 Å². The fourth-order valence-electron chi connectivity index (χ4n) is 2.25. The van der Waals surface area contributed by atoms with Gasteiger partial charge in [-0.25, -0.2) is 13.6 Å². The Bertz CT molecular complexity index is 590. The number of aromatic amines is 1. The number of ether oxygens (including phenoxy) is 1. The lowest BCUT2D eigenvalue weighted by atomic mass is 9.91. The largest absolute Gasteiger partial charge is 0.444 e. The number of nitrogens with zero attached hydrogens (tertiary/aromatic N) is 2. The molecule has 1 fully saturated rings. The second kappa shape index (κ2) is 5.66. The molecular formula is C14H19F2N3O3. The molecule has 22 heavy (non-hydrogen) atoms. The number of rotatable bonds is 1. The molecule has 1 amide bonds. The molecule has 2 rings (SSSR count). The number of aromatic nitrogens is 2. The summed E-state index contributed by atoms with van der Waals surface area (Å²) in [5, 5.41) is 0. The molecule has 1 N–H and O–H groups in total. The number of amides is 1. The highest BCUT2D eigenvalue weighted by Crippen LogP contribution is 2.39. The number of carbonyl (C=O) groups excluding carboxylic acids is 1. The van der Waals surface area contributed by atoms with Crippen LogP contribution in [0, 0.1) is 0 Å². The number of carbonyl (C=O) groups is 1. The van der Waals surface area contributed by atoms with Gasteiger partial charge in [-0.3, -0.25) is 9.78 Å². The van der Waals surface area contributed by atoms with Gasteiger partial charge in [-0.05, 0) is 20.8 Å². The van der Waals surface area contributed by atoms with Crippen molar-refractivity contribution in [3.63, 3.8) is 0 Å². The normalized spacial score (nSPS) is 21.5. The molecule has 1 saturated heterocycles. The zero-order valence-corrected chi connectivity index (χ0v) is 12.7. The summed E-state index contributed by atoms with van der Waals surface area (Å²) in [6.07, 6.45) is 1.02. The average Bonchev–Trinajstić information content (AvgIpc) is 2.37. The Morgan fingerprint density at radius 2 is 2.18 bits per heavy atom. The van der Waals surface area contributed by atoms with Gasteiger partial charge in [0.05, 0.1) is 17.8 Å². The minimum atomic E-state index is -3.00. The molecule has 0 spiro atoms.